The smallest absolute Gasteiger partial charge is 0.323 e. The highest BCUT2D eigenvalue weighted by Crippen LogP contribution is 2.18. The molecule has 0 saturated carbocycles. The van der Waals surface area contributed by atoms with E-state index in [0.29, 0.717) is 17.7 Å². The second-order valence-electron chi connectivity index (χ2n) is 6.38. The molecular formula is C18H23N5O2. The summed E-state index contributed by atoms with van der Waals surface area (Å²) >= 11 is 0. The van der Waals surface area contributed by atoms with Gasteiger partial charge in [0, 0.05) is 33.2 Å². The SMILES string of the molecule is CC(c1ccccc1)N(C)CCn1cnc2c1c(=O)n(C)c(=O)n2C. The summed E-state index contributed by atoms with van der Waals surface area (Å²) in [5.41, 5.74) is 1.46. The first-order valence-corrected chi connectivity index (χ1v) is 8.28. The molecule has 1 unspecified atom stereocenters. The third kappa shape index (κ3) is 3.02. The summed E-state index contributed by atoms with van der Waals surface area (Å²) in [5.74, 6) is 0. The van der Waals surface area contributed by atoms with Crippen LogP contribution in [0.1, 0.15) is 18.5 Å². The molecule has 1 aromatic carbocycles. The van der Waals surface area contributed by atoms with Gasteiger partial charge in [-0.05, 0) is 19.5 Å². The van der Waals surface area contributed by atoms with Crippen LogP contribution >= 0.6 is 0 Å². The number of imidazole rings is 1. The zero-order valence-electron chi connectivity index (χ0n) is 15.0. The Hall–Kier alpha value is -2.67. The van der Waals surface area contributed by atoms with E-state index in [1.54, 1.807) is 13.4 Å². The Morgan fingerprint density at radius 1 is 1.12 bits per heavy atom. The Balaban J connectivity index is 1.85. The van der Waals surface area contributed by atoms with E-state index in [1.165, 1.54) is 17.2 Å². The lowest BCUT2D eigenvalue weighted by molar-refractivity contribution is 0.252. The van der Waals surface area contributed by atoms with Gasteiger partial charge in [0.2, 0.25) is 0 Å². The van der Waals surface area contributed by atoms with E-state index in [9.17, 15) is 9.59 Å². The third-order valence-corrected chi connectivity index (χ3v) is 4.85. The molecule has 2 heterocycles. The fraction of sp³-hybridized carbons (Fsp3) is 0.389. The molecule has 7 heteroatoms. The number of aromatic nitrogens is 4. The maximum atomic E-state index is 12.5. The van der Waals surface area contributed by atoms with Gasteiger partial charge in [0.25, 0.3) is 5.56 Å². The van der Waals surface area contributed by atoms with Gasteiger partial charge in [0.1, 0.15) is 0 Å². The molecule has 0 aliphatic carbocycles. The average molecular weight is 341 g/mol. The van der Waals surface area contributed by atoms with Crippen LogP contribution in [0.25, 0.3) is 11.2 Å². The molecule has 1 atom stereocenters. The number of benzene rings is 1. The largest absolute Gasteiger partial charge is 0.332 e. The van der Waals surface area contributed by atoms with Crippen LogP contribution < -0.4 is 11.2 Å². The van der Waals surface area contributed by atoms with Crippen molar-refractivity contribution in [2.45, 2.75) is 19.5 Å². The van der Waals surface area contributed by atoms with Crippen molar-refractivity contribution in [1.29, 1.82) is 0 Å². The maximum absolute atomic E-state index is 12.5. The first kappa shape index (κ1) is 17.2. The summed E-state index contributed by atoms with van der Waals surface area (Å²) in [7, 11) is 5.18. The van der Waals surface area contributed by atoms with Gasteiger partial charge < -0.3 is 4.57 Å². The van der Waals surface area contributed by atoms with Crippen molar-refractivity contribution < 1.29 is 0 Å². The topological polar surface area (TPSA) is 65.1 Å². The molecule has 3 rings (SSSR count). The van der Waals surface area contributed by atoms with Crippen molar-refractivity contribution in [2.75, 3.05) is 13.6 Å². The number of aryl methyl sites for hydroxylation is 1. The normalized spacial score (nSPS) is 12.8. The van der Waals surface area contributed by atoms with Crippen molar-refractivity contribution in [2.24, 2.45) is 14.1 Å². The zero-order valence-corrected chi connectivity index (χ0v) is 15.0. The summed E-state index contributed by atoms with van der Waals surface area (Å²) in [6, 6.07) is 10.6. The van der Waals surface area contributed by atoms with Crippen LogP contribution in [0.2, 0.25) is 0 Å². The van der Waals surface area contributed by atoms with E-state index >= 15 is 0 Å². The molecule has 0 aliphatic rings. The van der Waals surface area contributed by atoms with E-state index in [4.69, 9.17) is 0 Å². The molecule has 0 spiro atoms. The summed E-state index contributed by atoms with van der Waals surface area (Å²) in [6.07, 6.45) is 1.63. The number of nitrogens with zero attached hydrogens (tertiary/aromatic N) is 5. The minimum absolute atomic E-state index is 0.267. The lowest BCUT2D eigenvalue weighted by Crippen LogP contribution is -2.37. The second kappa shape index (κ2) is 6.68. The molecule has 132 valence electrons. The maximum Gasteiger partial charge on any atom is 0.332 e. The van der Waals surface area contributed by atoms with Crippen LogP contribution in [0.5, 0.6) is 0 Å². The quantitative estimate of drug-likeness (QED) is 0.698. The molecule has 0 aliphatic heterocycles. The highest BCUT2D eigenvalue weighted by molar-refractivity contribution is 5.69. The van der Waals surface area contributed by atoms with E-state index in [-0.39, 0.29) is 17.3 Å². The van der Waals surface area contributed by atoms with Crippen LogP contribution in [0, 0.1) is 0 Å². The van der Waals surface area contributed by atoms with E-state index in [1.807, 2.05) is 22.8 Å². The molecule has 0 saturated heterocycles. The Morgan fingerprint density at radius 3 is 2.48 bits per heavy atom. The minimum Gasteiger partial charge on any atom is -0.323 e. The monoisotopic (exact) mass is 341 g/mol. The summed E-state index contributed by atoms with van der Waals surface area (Å²) in [4.78, 5) is 30.9. The highest BCUT2D eigenvalue weighted by atomic mass is 16.2. The zero-order chi connectivity index (χ0) is 18.1. The number of hydrogen-bond donors (Lipinski definition) is 0. The minimum atomic E-state index is -0.363. The molecule has 0 radical (unpaired) electrons. The van der Waals surface area contributed by atoms with Crippen LogP contribution in [-0.4, -0.2) is 37.2 Å². The molecule has 3 aromatic rings. The Bertz CT molecular complexity index is 1000. The van der Waals surface area contributed by atoms with E-state index < -0.39 is 0 Å². The van der Waals surface area contributed by atoms with Gasteiger partial charge in [0.05, 0.1) is 6.33 Å². The van der Waals surface area contributed by atoms with Crippen molar-refractivity contribution >= 4 is 11.2 Å². The Morgan fingerprint density at radius 2 is 1.80 bits per heavy atom. The van der Waals surface area contributed by atoms with Gasteiger partial charge in [-0.1, -0.05) is 30.3 Å². The van der Waals surface area contributed by atoms with Gasteiger partial charge in [-0.25, -0.2) is 9.78 Å². The van der Waals surface area contributed by atoms with Crippen LogP contribution in [-0.2, 0) is 20.6 Å². The van der Waals surface area contributed by atoms with Gasteiger partial charge in [-0.3, -0.25) is 18.8 Å². The molecule has 2 aromatic heterocycles. The van der Waals surface area contributed by atoms with E-state index in [2.05, 4.69) is 36.0 Å². The lowest BCUT2D eigenvalue weighted by atomic mass is 10.1. The fourth-order valence-corrected chi connectivity index (χ4v) is 3.01. The third-order valence-electron chi connectivity index (χ3n) is 4.85. The van der Waals surface area contributed by atoms with Crippen LogP contribution in [0.15, 0.2) is 46.2 Å². The number of hydrogen-bond acceptors (Lipinski definition) is 4. The number of rotatable bonds is 5. The predicted octanol–water partition coefficient (Wildman–Crippen LogP) is 1.13. The van der Waals surface area contributed by atoms with Crippen molar-refractivity contribution in [1.82, 2.24) is 23.6 Å². The Kier molecular flexibility index (Phi) is 4.59. The Labute approximate surface area is 145 Å². The van der Waals surface area contributed by atoms with Crippen LogP contribution in [0.4, 0.5) is 0 Å². The molecule has 0 amide bonds. The van der Waals surface area contributed by atoms with Gasteiger partial charge in [-0.2, -0.15) is 0 Å². The van der Waals surface area contributed by atoms with Gasteiger partial charge in [-0.15, -0.1) is 0 Å². The van der Waals surface area contributed by atoms with Crippen LogP contribution in [0.3, 0.4) is 0 Å². The first-order chi connectivity index (χ1) is 11.9. The fourth-order valence-electron chi connectivity index (χ4n) is 3.01. The van der Waals surface area contributed by atoms with Crippen molar-refractivity contribution in [3.05, 3.63) is 63.1 Å². The molecule has 25 heavy (non-hydrogen) atoms. The molecule has 0 N–H and O–H groups in total. The van der Waals surface area contributed by atoms with Gasteiger partial charge >= 0.3 is 5.69 Å². The second-order valence-corrected chi connectivity index (χ2v) is 6.38. The number of likely N-dealkylation sites (N-methyl/N-ethyl adjacent to an activating group) is 1. The summed E-state index contributed by atoms with van der Waals surface area (Å²) < 4.78 is 4.35. The lowest BCUT2D eigenvalue weighted by Gasteiger charge is -2.25. The van der Waals surface area contributed by atoms with Crippen molar-refractivity contribution in [3.63, 3.8) is 0 Å². The van der Waals surface area contributed by atoms with E-state index in [0.717, 1.165) is 11.1 Å². The number of fused-ring (bicyclic) bond motifs is 1. The highest BCUT2D eigenvalue weighted by Gasteiger charge is 2.16. The standard InChI is InChI=1S/C18H23N5O2/c1-13(14-8-6-5-7-9-14)20(2)10-11-23-12-19-16-15(23)17(24)22(4)18(25)21(16)3/h5-9,12-13H,10-11H2,1-4H3. The molecule has 7 nitrogen and oxygen atoms in total. The average Bonchev–Trinajstić information content (AvgIpc) is 3.06. The molecule has 0 fully saturated rings. The molecule has 0 bridgehead atoms. The van der Waals surface area contributed by atoms with Gasteiger partial charge in [0.15, 0.2) is 11.2 Å². The van der Waals surface area contributed by atoms with Crippen molar-refractivity contribution in [3.8, 4) is 0 Å². The molecular weight excluding hydrogens is 318 g/mol. The first-order valence-electron chi connectivity index (χ1n) is 8.28. The summed E-state index contributed by atoms with van der Waals surface area (Å²) in [6.45, 7) is 3.54. The summed E-state index contributed by atoms with van der Waals surface area (Å²) in [5, 5.41) is 0. The predicted molar refractivity (Wildman–Crippen MR) is 97.7 cm³/mol.